The molecule has 0 amide bonds. The standard InChI is InChI=1S/C9H4Cl2N2O2.Rb/c10-7-8(11)13-6-3-4(9(14)15)1-2-5(6)12-7;/h1-3H,(H,14,15);/q;+1/p-1. The minimum atomic E-state index is -1.27. The third-order valence-electron chi connectivity index (χ3n) is 1.82. The predicted octanol–water partition coefficient (Wildman–Crippen LogP) is -1.70. The van der Waals surface area contributed by atoms with Crippen molar-refractivity contribution in [2.24, 2.45) is 0 Å². The van der Waals surface area contributed by atoms with Crippen LogP contribution in [0.4, 0.5) is 0 Å². The molecule has 0 aliphatic heterocycles. The molecule has 2 aromatic rings. The molecule has 0 saturated carbocycles. The molecule has 0 atom stereocenters. The monoisotopic (exact) mass is 326 g/mol. The van der Waals surface area contributed by atoms with Crippen LogP contribution in [0, 0.1) is 0 Å². The largest absolute Gasteiger partial charge is 1.00 e. The van der Waals surface area contributed by atoms with E-state index in [1.165, 1.54) is 18.2 Å². The minimum Gasteiger partial charge on any atom is -0.545 e. The van der Waals surface area contributed by atoms with Crippen LogP contribution in [0.25, 0.3) is 11.0 Å². The molecule has 0 N–H and O–H groups in total. The Bertz CT molecular complexity index is 562. The molecule has 0 saturated heterocycles. The normalized spacial score (nSPS) is 9.88. The average molecular weight is 328 g/mol. The van der Waals surface area contributed by atoms with Gasteiger partial charge < -0.3 is 9.90 Å². The molecule has 1 aromatic carbocycles. The van der Waals surface area contributed by atoms with E-state index in [0.717, 1.165) is 0 Å². The number of halogens is 2. The Morgan fingerprint density at radius 2 is 1.69 bits per heavy atom. The summed E-state index contributed by atoms with van der Waals surface area (Å²) < 4.78 is 0. The summed E-state index contributed by atoms with van der Waals surface area (Å²) in [5.74, 6) is -1.27. The summed E-state index contributed by atoms with van der Waals surface area (Å²) in [6.45, 7) is 0. The molecule has 0 bridgehead atoms. The maximum absolute atomic E-state index is 10.6. The molecular weight excluding hydrogens is 324 g/mol. The Hall–Kier alpha value is 0.415. The maximum Gasteiger partial charge on any atom is 1.00 e. The Labute approximate surface area is 150 Å². The third-order valence-corrected chi connectivity index (χ3v) is 2.44. The summed E-state index contributed by atoms with van der Waals surface area (Å²) >= 11 is 11.3. The first kappa shape index (κ1) is 14.5. The topological polar surface area (TPSA) is 65.9 Å². The SMILES string of the molecule is O=C([O-])c1ccc2nc(Cl)c(Cl)nc2c1.[Rb+]. The van der Waals surface area contributed by atoms with Gasteiger partial charge in [0.1, 0.15) is 0 Å². The van der Waals surface area contributed by atoms with Crippen molar-refractivity contribution < 1.29 is 68.1 Å². The number of rotatable bonds is 1. The summed E-state index contributed by atoms with van der Waals surface area (Å²) in [6.07, 6.45) is 0. The zero-order chi connectivity index (χ0) is 11.0. The number of aromatic carboxylic acids is 1. The first-order chi connectivity index (χ1) is 7.08. The van der Waals surface area contributed by atoms with E-state index in [0.29, 0.717) is 11.0 Å². The van der Waals surface area contributed by atoms with Crippen LogP contribution in [0.15, 0.2) is 18.2 Å². The summed E-state index contributed by atoms with van der Waals surface area (Å²) in [7, 11) is 0. The van der Waals surface area contributed by atoms with Gasteiger partial charge in [-0.3, -0.25) is 0 Å². The molecular formula is C9H3Cl2N2O2Rb. The molecule has 0 unspecified atom stereocenters. The molecule has 1 heterocycles. The van der Waals surface area contributed by atoms with Gasteiger partial charge in [0.05, 0.1) is 17.0 Å². The van der Waals surface area contributed by atoms with Crippen LogP contribution >= 0.6 is 23.2 Å². The number of carbonyl (C=O) groups is 1. The van der Waals surface area contributed by atoms with E-state index in [1.807, 2.05) is 0 Å². The van der Waals surface area contributed by atoms with Crippen LogP contribution in [0.1, 0.15) is 10.4 Å². The number of carboxylic acids is 1. The van der Waals surface area contributed by atoms with Crippen molar-refractivity contribution in [2.75, 3.05) is 0 Å². The van der Waals surface area contributed by atoms with Crippen LogP contribution in [-0.2, 0) is 0 Å². The average Bonchev–Trinajstić information content (AvgIpc) is 2.19. The summed E-state index contributed by atoms with van der Waals surface area (Å²) in [6, 6.07) is 4.20. The quantitative estimate of drug-likeness (QED) is 0.627. The number of fused-ring (bicyclic) bond motifs is 1. The van der Waals surface area contributed by atoms with Gasteiger partial charge in [-0.1, -0.05) is 29.3 Å². The Kier molecular flexibility index (Phi) is 5.29. The van der Waals surface area contributed by atoms with Crippen molar-refractivity contribution >= 4 is 40.2 Å². The van der Waals surface area contributed by atoms with Gasteiger partial charge >= 0.3 is 58.2 Å². The number of carboxylic acid groups (broad SMARTS) is 1. The number of nitrogens with zero attached hydrogens (tertiary/aromatic N) is 2. The van der Waals surface area contributed by atoms with Gasteiger partial charge in [0.25, 0.3) is 0 Å². The van der Waals surface area contributed by atoms with E-state index in [9.17, 15) is 9.90 Å². The second kappa shape index (κ2) is 5.84. The van der Waals surface area contributed by atoms with Gasteiger partial charge in [0, 0.05) is 0 Å². The van der Waals surface area contributed by atoms with Gasteiger partial charge in [0.15, 0.2) is 10.3 Å². The zero-order valence-electron chi connectivity index (χ0n) is 8.20. The first-order valence-electron chi connectivity index (χ1n) is 3.92. The van der Waals surface area contributed by atoms with E-state index in [2.05, 4.69) is 9.97 Å². The van der Waals surface area contributed by atoms with Crippen LogP contribution in [0.3, 0.4) is 0 Å². The molecule has 0 radical (unpaired) electrons. The van der Waals surface area contributed by atoms with Gasteiger partial charge in [-0.05, 0) is 17.7 Å². The first-order valence-corrected chi connectivity index (χ1v) is 4.67. The molecule has 0 aliphatic rings. The number of carbonyl (C=O) groups excluding carboxylic acids is 1. The fraction of sp³-hybridized carbons (Fsp3) is 0. The Balaban J connectivity index is 0.00000128. The number of aromatic nitrogens is 2. The van der Waals surface area contributed by atoms with E-state index in [1.54, 1.807) is 0 Å². The van der Waals surface area contributed by atoms with Crippen molar-refractivity contribution in [3.63, 3.8) is 0 Å². The Morgan fingerprint density at radius 3 is 2.25 bits per heavy atom. The van der Waals surface area contributed by atoms with E-state index < -0.39 is 5.97 Å². The van der Waals surface area contributed by atoms with Crippen LogP contribution < -0.4 is 63.3 Å². The van der Waals surface area contributed by atoms with Crippen molar-refractivity contribution in [2.45, 2.75) is 0 Å². The fourth-order valence-electron chi connectivity index (χ4n) is 1.14. The van der Waals surface area contributed by atoms with Gasteiger partial charge in [-0.2, -0.15) is 0 Å². The molecule has 4 nitrogen and oxygen atoms in total. The van der Waals surface area contributed by atoms with Crippen molar-refractivity contribution in [3.8, 4) is 0 Å². The second-order valence-electron chi connectivity index (χ2n) is 2.80. The van der Waals surface area contributed by atoms with Gasteiger partial charge in [-0.15, -0.1) is 0 Å². The van der Waals surface area contributed by atoms with E-state index in [4.69, 9.17) is 23.2 Å². The second-order valence-corrected chi connectivity index (χ2v) is 3.51. The minimum absolute atomic E-state index is 0. The van der Waals surface area contributed by atoms with Gasteiger partial charge in [0.2, 0.25) is 0 Å². The van der Waals surface area contributed by atoms with E-state index in [-0.39, 0.29) is 74.1 Å². The summed E-state index contributed by atoms with van der Waals surface area (Å²) in [5, 5.41) is 10.7. The molecule has 1 aromatic heterocycles. The van der Waals surface area contributed by atoms with Gasteiger partial charge in [-0.25, -0.2) is 9.97 Å². The maximum atomic E-state index is 10.6. The summed E-state index contributed by atoms with van der Waals surface area (Å²) in [4.78, 5) is 18.4. The molecule has 0 fully saturated rings. The number of benzene rings is 1. The smallest absolute Gasteiger partial charge is 0.545 e. The molecule has 0 spiro atoms. The molecule has 2 rings (SSSR count). The zero-order valence-corrected chi connectivity index (χ0v) is 14.6. The van der Waals surface area contributed by atoms with Crippen molar-refractivity contribution in [3.05, 3.63) is 34.1 Å². The van der Waals surface area contributed by atoms with Crippen molar-refractivity contribution in [1.82, 2.24) is 9.97 Å². The third kappa shape index (κ3) is 3.00. The number of hydrogen-bond acceptors (Lipinski definition) is 4. The molecule has 0 aliphatic carbocycles. The molecule has 76 valence electrons. The van der Waals surface area contributed by atoms with Crippen molar-refractivity contribution in [1.29, 1.82) is 0 Å². The van der Waals surface area contributed by atoms with Crippen LogP contribution in [0.2, 0.25) is 10.3 Å². The molecule has 7 heteroatoms. The Morgan fingerprint density at radius 1 is 1.12 bits per heavy atom. The fourth-order valence-corrected chi connectivity index (χ4v) is 1.40. The van der Waals surface area contributed by atoms with Crippen LogP contribution in [-0.4, -0.2) is 15.9 Å². The predicted molar refractivity (Wildman–Crippen MR) is 53.9 cm³/mol. The van der Waals surface area contributed by atoms with E-state index >= 15 is 0 Å². The summed E-state index contributed by atoms with van der Waals surface area (Å²) in [5.41, 5.74) is 0.871. The molecule has 16 heavy (non-hydrogen) atoms. The number of hydrogen-bond donors (Lipinski definition) is 0. The van der Waals surface area contributed by atoms with Crippen LogP contribution in [0.5, 0.6) is 0 Å².